The summed E-state index contributed by atoms with van der Waals surface area (Å²) in [6.45, 7) is 4.37. The second-order valence-electron chi connectivity index (χ2n) is 4.55. The molecule has 15 heavy (non-hydrogen) atoms. The van der Waals surface area contributed by atoms with Crippen LogP contribution >= 0.6 is 0 Å². The summed E-state index contributed by atoms with van der Waals surface area (Å²) >= 11 is 0. The molecule has 0 unspecified atom stereocenters. The van der Waals surface area contributed by atoms with Crippen molar-refractivity contribution in [1.82, 2.24) is 4.90 Å². The number of nitrogens with zero attached hydrogens (tertiary/aromatic N) is 1. The maximum absolute atomic E-state index is 2.38. The van der Waals surface area contributed by atoms with Crippen LogP contribution in [0.15, 0.2) is 30.3 Å². The highest BCUT2D eigenvalue weighted by molar-refractivity contribution is 5.90. The van der Waals surface area contributed by atoms with E-state index in [2.05, 4.69) is 49.2 Å². The number of hydrogen-bond donors (Lipinski definition) is 0. The van der Waals surface area contributed by atoms with E-state index in [4.69, 9.17) is 0 Å². The van der Waals surface area contributed by atoms with Crippen molar-refractivity contribution < 1.29 is 0 Å². The van der Waals surface area contributed by atoms with E-state index in [0.717, 1.165) is 13.1 Å². The van der Waals surface area contributed by atoms with Crippen molar-refractivity contribution in [2.75, 3.05) is 7.05 Å². The van der Waals surface area contributed by atoms with Crippen molar-refractivity contribution in [2.24, 2.45) is 0 Å². The smallest absolute Gasteiger partial charge is 0.0243 e. The Balaban J connectivity index is 2.43. The van der Waals surface area contributed by atoms with Crippen LogP contribution in [0.4, 0.5) is 0 Å². The Kier molecular flexibility index (Phi) is 1.83. The molecule has 0 saturated heterocycles. The summed E-state index contributed by atoms with van der Waals surface area (Å²) in [5, 5.41) is 2.89. The van der Waals surface area contributed by atoms with Crippen LogP contribution in [0.5, 0.6) is 0 Å². The van der Waals surface area contributed by atoms with Gasteiger partial charge in [-0.25, -0.2) is 0 Å². The van der Waals surface area contributed by atoms with Gasteiger partial charge in [-0.1, -0.05) is 30.3 Å². The predicted octanol–water partition coefficient (Wildman–Crippen LogP) is 3.09. The maximum Gasteiger partial charge on any atom is 0.0243 e. The lowest BCUT2D eigenvalue weighted by molar-refractivity contribution is 0.313. The van der Waals surface area contributed by atoms with E-state index in [0.29, 0.717) is 0 Å². The van der Waals surface area contributed by atoms with Crippen LogP contribution in [0.1, 0.15) is 16.7 Å². The van der Waals surface area contributed by atoms with Gasteiger partial charge in [0, 0.05) is 13.1 Å². The van der Waals surface area contributed by atoms with E-state index in [-0.39, 0.29) is 0 Å². The molecule has 0 bridgehead atoms. The van der Waals surface area contributed by atoms with Crippen LogP contribution in [0.3, 0.4) is 0 Å². The minimum Gasteiger partial charge on any atom is -0.298 e. The van der Waals surface area contributed by atoms with Gasteiger partial charge in [-0.05, 0) is 41.4 Å². The summed E-state index contributed by atoms with van der Waals surface area (Å²) in [4.78, 5) is 2.38. The Bertz CT molecular complexity index is 528. The maximum atomic E-state index is 2.38. The summed E-state index contributed by atoms with van der Waals surface area (Å²) in [6, 6.07) is 11.1. The minimum atomic E-state index is 1.08. The molecule has 2 aromatic carbocycles. The van der Waals surface area contributed by atoms with Gasteiger partial charge >= 0.3 is 0 Å². The molecular weight excluding hydrogens is 182 g/mol. The second kappa shape index (κ2) is 3.07. The summed E-state index contributed by atoms with van der Waals surface area (Å²) in [5.41, 5.74) is 4.40. The van der Waals surface area contributed by atoms with Crippen molar-refractivity contribution in [3.63, 3.8) is 0 Å². The predicted molar refractivity (Wildman–Crippen MR) is 63.9 cm³/mol. The molecule has 0 radical (unpaired) electrons. The van der Waals surface area contributed by atoms with Crippen LogP contribution in [-0.2, 0) is 13.1 Å². The standard InChI is InChI=1S/C14H15N/c1-10-6-7-11-4-3-5-12-8-15(2)9-13(10)14(11)12/h3-7H,8-9H2,1-2H3. The molecule has 0 amide bonds. The number of benzene rings is 2. The summed E-state index contributed by atoms with van der Waals surface area (Å²) in [6.07, 6.45) is 0. The van der Waals surface area contributed by atoms with Gasteiger partial charge in [0.2, 0.25) is 0 Å². The average Bonchev–Trinajstić information content (AvgIpc) is 2.23. The number of aryl methyl sites for hydroxylation is 1. The molecule has 0 N–H and O–H groups in total. The first kappa shape index (κ1) is 8.93. The van der Waals surface area contributed by atoms with Gasteiger partial charge < -0.3 is 0 Å². The molecule has 0 aromatic heterocycles. The molecule has 0 atom stereocenters. The molecule has 3 rings (SSSR count). The third-order valence-corrected chi connectivity index (χ3v) is 3.34. The molecule has 1 aliphatic rings. The Morgan fingerprint density at radius 3 is 2.80 bits per heavy atom. The molecule has 1 heteroatoms. The van der Waals surface area contributed by atoms with Crippen LogP contribution in [0, 0.1) is 6.92 Å². The van der Waals surface area contributed by atoms with Gasteiger partial charge in [0.25, 0.3) is 0 Å². The van der Waals surface area contributed by atoms with Gasteiger partial charge in [0.05, 0.1) is 0 Å². The third kappa shape index (κ3) is 1.27. The molecular formula is C14H15N. The molecule has 2 aromatic rings. The van der Waals surface area contributed by atoms with E-state index in [1.165, 1.54) is 27.5 Å². The fourth-order valence-electron chi connectivity index (χ4n) is 2.59. The van der Waals surface area contributed by atoms with Crippen molar-refractivity contribution in [3.05, 3.63) is 47.0 Å². The van der Waals surface area contributed by atoms with Gasteiger partial charge in [-0.2, -0.15) is 0 Å². The van der Waals surface area contributed by atoms with Gasteiger partial charge in [-0.15, -0.1) is 0 Å². The van der Waals surface area contributed by atoms with Crippen LogP contribution in [0.25, 0.3) is 10.8 Å². The summed E-state index contributed by atoms with van der Waals surface area (Å²) < 4.78 is 0. The van der Waals surface area contributed by atoms with Crippen molar-refractivity contribution in [1.29, 1.82) is 0 Å². The highest BCUT2D eigenvalue weighted by Gasteiger charge is 2.16. The van der Waals surface area contributed by atoms with Crippen LogP contribution in [-0.4, -0.2) is 11.9 Å². The molecule has 1 aliphatic heterocycles. The largest absolute Gasteiger partial charge is 0.298 e. The monoisotopic (exact) mass is 197 g/mol. The van der Waals surface area contributed by atoms with E-state index in [1.54, 1.807) is 0 Å². The third-order valence-electron chi connectivity index (χ3n) is 3.34. The second-order valence-corrected chi connectivity index (χ2v) is 4.55. The minimum absolute atomic E-state index is 1.08. The Hall–Kier alpha value is -1.34. The van der Waals surface area contributed by atoms with Gasteiger partial charge in [0.1, 0.15) is 0 Å². The molecule has 0 fully saturated rings. The zero-order valence-electron chi connectivity index (χ0n) is 9.25. The fraction of sp³-hybridized carbons (Fsp3) is 0.286. The lowest BCUT2D eigenvalue weighted by atomic mass is 9.92. The molecule has 1 heterocycles. The van der Waals surface area contributed by atoms with Crippen LogP contribution in [0.2, 0.25) is 0 Å². The highest BCUT2D eigenvalue weighted by atomic mass is 15.1. The SMILES string of the molecule is Cc1ccc2cccc3c2c1CN(C)C3. The lowest BCUT2D eigenvalue weighted by Crippen LogP contribution is -2.22. The number of rotatable bonds is 0. The fourth-order valence-corrected chi connectivity index (χ4v) is 2.59. The van der Waals surface area contributed by atoms with E-state index >= 15 is 0 Å². The normalized spacial score (nSPS) is 15.9. The van der Waals surface area contributed by atoms with Crippen molar-refractivity contribution >= 4 is 10.8 Å². The first-order valence-corrected chi connectivity index (χ1v) is 5.44. The average molecular weight is 197 g/mol. The lowest BCUT2D eigenvalue weighted by Gasteiger charge is -2.26. The molecule has 0 saturated carbocycles. The zero-order chi connectivity index (χ0) is 10.4. The Labute approximate surface area is 90.3 Å². The quantitative estimate of drug-likeness (QED) is 0.627. The topological polar surface area (TPSA) is 3.24 Å². The van der Waals surface area contributed by atoms with E-state index in [1.807, 2.05) is 0 Å². The molecule has 1 nitrogen and oxygen atoms in total. The van der Waals surface area contributed by atoms with E-state index < -0.39 is 0 Å². The van der Waals surface area contributed by atoms with Crippen molar-refractivity contribution in [2.45, 2.75) is 20.0 Å². The summed E-state index contributed by atoms with van der Waals surface area (Å²) in [5.74, 6) is 0. The Morgan fingerprint density at radius 1 is 1.07 bits per heavy atom. The van der Waals surface area contributed by atoms with Gasteiger partial charge in [-0.3, -0.25) is 4.90 Å². The molecule has 76 valence electrons. The number of hydrogen-bond acceptors (Lipinski definition) is 1. The Morgan fingerprint density at radius 2 is 1.93 bits per heavy atom. The van der Waals surface area contributed by atoms with Crippen molar-refractivity contribution in [3.8, 4) is 0 Å². The summed E-state index contributed by atoms with van der Waals surface area (Å²) in [7, 11) is 2.19. The highest BCUT2D eigenvalue weighted by Crippen LogP contribution is 2.31. The zero-order valence-corrected chi connectivity index (χ0v) is 9.25. The van der Waals surface area contributed by atoms with Gasteiger partial charge in [0.15, 0.2) is 0 Å². The van der Waals surface area contributed by atoms with Crippen LogP contribution < -0.4 is 0 Å². The first-order valence-electron chi connectivity index (χ1n) is 5.44. The first-order chi connectivity index (χ1) is 7.25. The molecule has 0 spiro atoms. The molecule has 0 aliphatic carbocycles. The van der Waals surface area contributed by atoms with E-state index in [9.17, 15) is 0 Å².